The number of hydrogen-bond donors (Lipinski definition) is 2. The Morgan fingerprint density at radius 1 is 1.27 bits per heavy atom. The summed E-state index contributed by atoms with van der Waals surface area (Å²) in [6.07, 6.45) is 1.92. The molecule has 30 heavy (non-hydrogen) atoms. The molecule has 0 aromatic heterocycles. The van der Waals surface area contributed by atoms with Crippen LogP contribution >= 0.6 is 0 Å². The number of nitrogens with one attached hydrogen (secondary N) is 2. The van der Waals surface area contributed by atoms with E-state index in [1.165, 1.54) is 6.07 Å². The van der Waals surface area contributed by atoms with E-state index in [2.05, 4.69) is 41.7 Å². The molecule has 1 aromatic rings. The summed E-state index contributed by atoms with van der Waals surface area (Å²) in [6, 6.07) is 5.00. The zero-order valence-corrected chi connectivity index (χ0v) is 20.2. The number of benzene rings is 1. The van der Waals surface area contributed by atoms with Crippen LogP contribution in [-0.2, 0) is 4.74 Å². The molecule has 2 N–H and O–H groups in total. The van der Waals surface area contributed by atoms with Gasteiger partial charge in [0.2, 0.25) is 0 Å². The molecule has 1 amide bonds. The summed E-state index contributed by atoms with van der Waals surface area (Å²) in [5.41, 5.74) is 4.11. The van der Waals surface area contributed by atoms with Crippen molar-refractivity contribution in [1.82, 2.24) is 5.32 Å². The Bertz CT molecular complexity index is 801. The van der Waals surface area contributed by atoms with E-state index in [0.29, 0.717) is 17.9 Å². The van der Waals surface area contributed by atoms with Crippen LogP contribution in [0.1, 0.15) is 52.5 Å². The van der Waals surface area contributed by atoms with Crippen molar-refractivity contribution in [3.8, 4) is 11.5 Å². The lowest BCUT2D eigenvalue weighted by Crippen LogP contribution is -2.41. The molecule has 166 valence electrons. The Morgan fingerprint density at radius 3 is 2.50 bits per heavy atom. The fraction of sp³-hybridized carbons (Fsp3) is 0.591. The lowest BCUT2D eigenvalue weighted by atomic mass is 10.1. The number of amides is 1. The molecule has 0 fully saturated rings. The predicted octanol–water partition coefficient (Wildman–Crippen LogP) is 5.32. The van der Waals surface area contributed by atoms with Crippen molar-refractivity contribution in [2.75, 3.05) is 11.9 Å². The molecule has 0 heterocycles. The largest absolute Gasteiger partial charge is 0.450 e. The Balaban J connectivity index is 2.67. The number of nitro groups is 1. The zero-order chi connectivity index (χ0) is 22.9. The van der Waals surface area contributed by atoms with Crippen LogP contribution in [0.3, 0.4) is 0 Å². The fourth-order valence-corrected chi connectivity index (χ4v) is 3.09. The van der Waals surface area contributed by atoms with Crippen molar-refractivity contribution < 1.29 is 14.5 Å². The maximum Gasteiger partial charge on any atom is 0.407 e. The molecule has 0 aliphatic carbocycles. The van der Waals surface area contributed by atoms with Gasteiger partial charge in [0.15, 0.2) is 0 Å². The molecule has 0 unspecified atom stereocenters. The topological polar surface area (TPSA) is 93.5 Å². The third-order valence-corrected chi connectivity index (χ3v) is 4.82. The highest BCUT2D eigenvalue weighted by atomic mass is 28.3. The third kappa shape index (κ3) is 10.3. The lowest BCUT2D eigenvalue weighted by molar-refractivity contribution is -0.384. The molecule has 8 heteroatoms. The quantitative estimate of drug-likeness (QED) is 0.190. The SMILES string of the molecule is C[C@@H](CCCCOC(=O)NC(C)(C)C)Nc1c(C#C[Si](C)(C)C)cccc1[N+](=O)[O-]. The van der Waals surface area contributed by atoms with Gasteiger partial charge in [0.25, 0.3) is 5.69 Å². The Labute approximate surface area is 181 Å². The molecule has 0 aliphatic rings. The van der Waals surface area contributed by atoms with Gasteiger partial charge in [-0.1, -0.05) is 31.6 Å². The van der Waals surface area contributed by atoms with Gasteiger partial charge in [-0.15, -0.1) is 5.54 Å². The smallest absolute Gasteiger partial charge is 0.407 e. The van der Waals surface area contributed by atoms with Crippen molar-refractivity contribution in [3.05, 3.63) is 33.9 Å². The summed E-state index contributed by atoms with van der Waals surface area (Å²) >= 11 is 0. The highest BCUT2D eigenvalue weighted by molar-refractivity contribution is 6.83. The number of para-hydroxylation sites is 1. The number of nitrogens with zero attached hydrogens (tertiary/aromatic N) is 1. The van der Waals surface area contributed by atoms with Crippen molar-refractivity contribution in [2.45, 2.75) is 78.2 Å². The Kier molecular flexibility index (Phi) is 9.37. The molecule has 0 aliphatic heterocycles. The number of carbonyl (C=O) groups excluding carboxylic acids is 1. The Hall–Kier alpha value is -2.53. The van der Waals surface area contributed by atoms with Gasteiger partial charge < -0.3 is 15.4 Å². The van der Waals surface area contributed by atoms with E-state index in [0.717, 1.165) is 19.3 Å². The summed E-state index contributed by atoms with van der Waals surface area (Å²) in [5, 5.41) is 17.5. The minimum atomic E-state index is -1.61. The van der Waals surface area contributed by atoms with Gasteiger partial charge in [-0.2, -0.15) is 0 Å². The summed E-state index contributed by atoms with van der Waals surface area (Å²) in [7, 11) is -1.61. The highest BCUT2D eigenvalue weighted by Crippen LogP contribution is 2.29. The molecule has 0 saturated heterocycles. The van der Waals surface area contributed by atoms with E-state index in [1.807, 2.05) is 33.8 Å². The van der Waals surface area contributed by atoms with Crippen molar-refractivity contribution in [3.63, 3.8) is 0 Å². The maximum atomic E-state index is 11.6. The van der Waals surface area contributed by atoms with Crippen LogP contribution < -0.4 is 10.6 Å². The molecular formula is C22H35N3O4Si. The van der Waals surface area contributed by atoms with Gasteiger partial charge in [0, 0.05) is 17.6 Å². The number of unbranched alkanes of at least 4 members (excludes halogenated alkanes) is 1. The standard InChI is InChI=1S/C22H35N3O4Si/c1-17(11-8-9-15-29-21(26)24-22(2,3)4)23-20-18(14-16-30(5,6)7)12-10-13-19(20)25(27)28/h10,12-13,17,23H,8-9,11,15H2,1-7H3,(H,24,26)/t17-/m0/s1. The number of alkyl carbamates (subject to hydrolysis) is 1. The van der Waals surface area contributed by atoms with Crippen molar-refractivity contribution in [2.24, 2.45) is 0 Å². The van der Waals surface area contributed by atoms with Gasteiger partial charge in [0.05, 0.1) is 17.1 Å². The first-order valence-corrected chi connectivity index (χ1v) is 13.8. The second-order valence-electron chi connectivity index (χ2n) is 9.51. The first kappa shape index (κ1) is 25.5. The molecule has 1 aromatic carbocycles. The van der Waals surface area contributed by atoms with Gasteiger partial charge in [-0.05, 0) is 53.0 Å². The van der Waals surface area contributed by atoms with Gasteiger partial charge >= 0.3 is 6.09 Å². The minimum Gasteiger partial charge on any atom is -0.450 e. The number of nitro benzene ring substituents is 1. The number of anilines is 1. The normalized spacial score (nSPS) is 12.4. The lowest BCUT2D eigenvalue weighted by Gasteiger charge is -2.20. The van der Waals surface area contributed by atoms with Crippen LogP contribution in [0.25, 0.3) is 0 Å². The minimum absolute atomic E-state index is 0.0157. The van der Waals surface area contributed by atoms with Crippen LogP contribution in [0.15, 0.2) is 18.2 Å². The van der Waals surface area contributed by atoms with Gasteiger partial charge in [0.1, 0.15) is 13.8 Å². The van der Waals surface area contributed by atoms with E-state index in [-0.39, 0.29) is 22.2 Å². The number of hydrogen-bond acceptors (Lipinski definition) is 5. The molecule has 0 radical (unpaired) electrons. The molecular weight excluding hydrogens is 398 g/mol. The first-order chi connectivity index (χ1) is 13.8. The van der Waals surface area contributed by atoms with E-state index in [4.69, 9.17) is 4.74 Å². The van der Waals surface area contributed by atoms with E-state index in [1.54, 1.807) is 6.07 Å². The summed E-state index contributed by atoms with van der Waals surface area (Å²) < 4.78 is 5.18. The first-order valence-electron chi connectivity index (χ1n) is 10.3. The highest BCUT2D eigenvalue weighted by Gasteiger charge is 2.19. The van der Waals surface area contributed by atoms with E-state index < -0.39 is 14.2 Å². The molecule has 0 spiro atoms. The second kappa shape index (κ2) is 11.0. The van der Waals surface area contributed by atoms with Crippen molar-refractivity contribution in [1.29, 1.82) is 0 Å². The molecule has 1 atom stereocenters. The third-order valence-electron chi connectivity index (χ3n) is 3.94. The van der Waals surface area contributed by atoms with Gasteiger partial charge in [-0.25, -0.2) is 4.79 Å². The maximum absolute atomic E-state index is 11.6. The van der Waals surface area contributed by atoms with Crippen LogP contribution in [-0.4, -0.2) is 37.3 Å². The summed E-state index contributed by atoms with van der Waals surface area (Å²) in [4.78, 5) is 22.8. The number of carbonyl (C=O) groups is 1. The monoisotopic (exact) mass is 433 g/mol. The molecule has 0 bridgehead atoms. The van der Waals surface area contributed by atoms with E-state index >= 15 is 0 Å². The fourth-order valence-electron chi connectivity index (χ4n) is 2.58. The van der Waals surface area contributed by atoms with Crippen LogP contribution in [0.4, 0.5) is 16.2 Å². The second-order valence-corrected chi connectivity index (χ2v) is 14.3. The van der Waals surface area contributed by atoms with Crippen molar-refractivity contribution >= 4 is 25.5 Å². The molecule has 0 saturated carbocycles. The molecule has 1 rings (SSSR count). The summed E-state index contributed by atoms with van der Waals surface area (Å²) in [5.74, 6) is 3.14. The average molecular weight is 434 g/mol. The van der Waals surface area contributed by atoms with Gasteiger partial charge in [-0.3, -0.25) is 10.1 Å². The number of ether oxygens (including phenoxy) is 1. The predicted molar refractivity (Wildman–Crippen MR) is 124 cm³/mol. The van der Waals surface area contributed by atoms with Crippen LogP contribution in [0, 0.1) is 21.6 Å². The van der Waals surface area contributed by atoms with Crippen LogP contribution in [0.5, 0.6) is 0 Å². The average Bonchev–Trinajstić information content (AvgIpc) is 2.57. The zero-order valence-electron chi connectivity index (χ0n) is 19.2. The molecule has 7 nitrogen and oxygen atoms in total. The Morgan fingerprint density at radius 2 is 1.93 bits per heavy atom. The van der Waals surface area contributed by atoms with E-state index in [9.17, 15) is 14.9 Å². The number of rotatable bonds is 8. The van der Waals surface area contributed by atoms with Crippen LogP contribution in [0.2, 0.25) is 19.6 Å². The summed E-state index contributed by atoms with van der Waals surface area (Å²) in [6.45, 7) is 14.4.